The van der Waals surface area contributed by atoms with Gasteiger partial charge in [-0.1, -0.05) is 30.3 Å². The molecule has 3 rings (SSSR count). The third kappa shape index (κ3) is 3.93. The smallest absolute Gasteiger partial charge is 0.148 e. The van der Waals surface area contributed by atoms with Gasteiger partial charge in [-0.15, -0.1) is 23.2 Å². The highest BCUT2D eigenvalue weighted by Gasteiger charge is 2.39. The zero-order valence-electron chi connectivity index (χ0n) is 14.1. The standard InChI is InChI=1S/C18H23FN2O2S.ClH/c1-20-12-6-8-15-13-14-7-2-4-10-17(14)21(24(15,22)23)18-11-5-3-9-16(18)19;/h2-5,7,9-11,15,20,22-23H,6,8,12-13H2,1H3;1H/t15-;/m0./s1. The van der Waals surface area contributed by atoms with Crippen molar-refractivity contribution in [2.24, 2.45) is 0 Å². The van der Waals surface area contributed by atoms with Crippen LogP contribution in [0.25, 0.3) is 0 Å². The van der Waals surface area contributed by atoms with Crippen LogP contribution >= 0.6 is 23.2 Å². The summed E-state index contributed by atoms with van der Waals surface area (Å²) in [6, 6.07) is 13.8. The molecule has 0 bridgehead atoms. The average Bonchev–Trinajstić information content (AvgIpc) is 2.56. The summed E-state index contributed by atoms with van der Waals surface area (Å²) in [6.07, 6.45) is 2.10. The summed E-state index contributed by atoms with van der Waals surface area (Å²) >= 11 is 0. The Morgan fingerprint density at radius 2 is 1.76 bits per heavy atom. The van der Waals surface area contributed by atoms with E-state index in [4.69, 9.17) is 0 Å². The van der Waals surface area contributed by atoms with Gasteiger partial charge in [0.05, 0.1) is 16.6 Å². The number of nitrogens with one attached hydrogen (secondary N) is 1. The molecule has 138 valence electrons. The lowest BCUT2D eigenvalue weighted by Crippen LogP contribution is -2.38. The molecule has 1 aliphatic heterocycles. The molecule has 0 saturated heterocycles. The van der Waals surface area contributed by atoms with Crippen LogP contribution in [0.3, 0.4) is 0 Å². The summed E-state index contributed by atoms with van der Waals surface area (Å²) in [5.74, 6) is -0.455. The Hall–Kier alpha value is -1.31. The van der Waals surface area contributed by atoms with Gasteiger partial charge in [0.1, 0.15) is 5.82 Å². The number of benzene rings is 2. The summed E-state index contributed by atoms with van der Waals surface area (Å²) in [5.41, 5.74) is 1.90. The second-order valence-corrected chi connectivity index (χ2v) is 8.16. The molecular formula is C18H24ClFN2O2S. The molecule has 3 N–H and O–H groups in total. The zero-order valence-corrected chi connectivity index (χ0v) is 15.7. The number of anilines is 2. The quantitative estimate of drug-likeness (QED) is 0.634. The van der Waals surface area contributed by atoms with Crippen LogP contribution in [0.15, 0.2) is 48.5 Å². The Bertz CT molecular complexity index is 717. The van der Waals surface area contributed by atoms with Gasteiger partial charge >= 0.3 is 0 Å². The van der Waals surface area contributed by atoms with E-state index in [1.165, 1.54) is 10.4 Å². The highest BCUT2D eigenvalue weighted by atomic mass is 35.5. The Balaban J connectivity index is 0.00000225. The number of para-hydroxylation sites is 2. The van der Waals surface area contributed by atoms with Crippen molar-refractivity contribution in [2.75, 3.05) is 17.9 Å². The molecule has 0 aromatic heterocycles. The van der Waals surface area contributed by atoms with Crippen LogP contribution in [0.5, 0.6) is 0 Å². The SMILES string of the molecule is CNCCC[C@H]1Cc2ccccc2N(c2ccccc2F)S1(O)O.Cl. The second-order valence-electron chi connectivity index (χ2n) is 6.01. The minimum Gasteiger partial charge on any atom is -0.320 e. The molecule has 7 heteroatoms. The van der Waals surface area contributed by atoms with Gasteiger partial charge in [-0.25, -0.2) is 8.70 Å². The average molecular weight is 387 g/mol. The number of hydrogen-bond donors (Lipinski definition) is 3. The van der Waals surface area contributed by atoms with Crippen molar-refractivity contribution in [1.29, 1.82) is 0 Å². The molecule has 0 amide bonds. The third-order valence-corrected chi connectivity index (χ3v) is 6.63. The number of halogens is 2. The summed E-state index contributed by atoms with van der Waals surface area (Å²) in [6.45, 7) is 0.813. The van der Waals surface area contributed by atoms with E-state index in [0.29, 0.717) is 18.5 Å². The number of hydrogen-bond acceptors (Lipinski definition) is 4. The molecule has 1 atom stereocenters. The van der Waals surface area contributed by atoms with Crippen molar-refractivity contribution < 1.29 is 13.5 Å². The van der Waals surface area contributed by atoms with Crippen LogP contribution in [0.1, 0.15) is 18.4 Å². The largest absolute Gasteiger partial charge is 0.320 e. The molecule has 0 fully saturated rings. The fourth-order valence-corrected chi connectivity index (χ4v) is 5.28. The monoisotopic (exact) mass is 386 g/mol. The van der Waals surface area contributed by atoms with Crippen LogP contribution in [0.2, 0.25) is 0 Å². The molecule has 0 spiro atoms. The number of fused-ring (bicyclic) bond motifs is 1. The first-order valence-corrected chi connectivity index (χ1v) is 9.66. The van der Waals surface area contributed by atoms with Crippen LogP contribution in [0, 0.1) is 5.82 Å². The van der Waals surface area contributed by atoms with E-state index in [1.54, 1.807) is 18.2 Å². The maximum Gasteiger partial charge on any atom is 0.148 e. The van der Waals surface area contributed by atoms with Gasteiger partial charge in [0.25, 0.3) is 0 Å². The van der Waals surface area contributed by atoms with Crippen LogP contribution in [0.4, 0.5) is 15.8 Å². The van der Waals surface area contributed by atoms with E-state index in [9.17, 15) is 13.5 Å². The van der Waals surface area contributed by atoms with Gasteiger partial charge < -0.3 is 5.32 Å². The molecule has 0 aliphatic carbocycles. The zero-order chi connectivity index (χ0) is 17.2. The number of rotatable bonds is 5. The summed E-state index contributed by atoms with van der Waals surface area (Å²) < 4.78 is 37.8. The Morgan fingerprint density at radius 3 is 2.44 bits per heavy atom. The van der Waals surface area contributed by atoms with E-state index in [-0.39, 0.29) is 23.3 Å². The van der Waals surface area contributed by atoms with Gasteiger partial charge in [0, 0.05) is 0 Å². The van der Waals surface area contributed by atoms with Gasteiger partial charge in [-0.05, 0) is 56.6 Å². The van der Waals surface area contributed by atoms with Gasteiger partial charge in [-0.3, -0.25) is 9.11 Å². The van der Waals surface area contributed by atoms with Crippen molar-refractivity contribution in [2.45, 2.75) is 24.5 Å². The topological polar surface area (TPSA) is 55.7 Å². The Kier molecular flexibility index (Phi) is 6.71. The lowest BCUT2D eigenvalue weighted by Gasteiger charge is -2.53. The van der Waals surface area contributed by atoms with Gasteiger partial charge in [0.15, 0.2) is 0 Å². The lowest BCUT2D eigenvalue weighted by atomic mass is 10.0. The summed E-state index contributed by atoms with van der Waals surface area (Å²) in [5, 5.41) is 2.76. The molecule has 0 radical (unpaired) electrons. The van der Waals surface area contributed by atoms with Gasteiger partial charge in [-0.2, -0.15) is 0 Å². The lowest BCUT2D eigenvalue weighted by molar-refractivity contribution is 0.453. The first kappa shape index (κ1) is 20.0. The first-order chi connectivity index (χ1) is 11.6. The fourth-order valence-electron chi connectivity index (χ4n) is 3.19. The maximum absolute atomic E-state index is 14.4. The van der Waals surface area contributed by atoms with Crippen molar-refractivity contribution in [3.05, 3.63) is 59.9 Å². The van der Waals surface area contributed by atoms with Gasteiger partial charge in [0.2, 0.25) is 0 Å². The van der Waals surface area contributed by atoms with E-state index in [1.807, 2.05) is 31.3 Å². The fraction of sp³-hybridized carbons (Fsp3) is 0.333. The van der Waals surface area contributed by atoms with E-state index >= 15 is 0 Å². The highest BCUT2D eigenvalue weighted by Crippen LogP contribution is 2.60. The van der Waals surface area contributed by atoms with Crippen molar-refractivity contribution in [3.8, 4) is 0 Å². The minimum atomic E-state index is -3.17. The summed E-state index contributed by atoms with van der Waals surface area (Å²) in [4.78, 5) is 0. The molecule has 0 unspecified atom stereocenters. The normalized spacial score (nSPS) is 19.7. The van der Waals surface area contributed by atoms with Crippen LogP contribution < -0.4 is 9.62 Å². The van der Waals surface area contributed by atoms with Crippen LogP contribution in [-0.2, 0) is 6.42 Å². The molecule has 4 nitrogen and oxygen atoms in total. The van der Waals surface area contributed by atoms with E-state index < -0.39 is 16.6 Å². The predicted molar refractivity (Wildman–Crippen MR) is 106 cm³/mol. The Morgan fingerprint density at radius 1 is 1.12 bits per heavy atom. The van der Waals surface area contributed by atoms with Crippen molar-refractivity contribution in [1.82, 2.24) is 5.32 Å². The second kappa shape index (κ2) is 8.38. The molecule has 25 heavy (non-hydrogen) atoms. The van der Waals surface area contributed by atoms with E-state index in [0.717, 1.165) is 18.5 Å². The van der Waals surface area contributed by atoms with Crippen LogP contribution in [-0.4, -0.2) is 27.9 Å². The molecule has 2 aromatic carbocycles. The highest BCUT2D eigenvalue weighted by molar-refractivity contribution is 8.26. The Labute approximate surface area is 156 Å². The molecule has 1 heterocycles. The maximum atomic E-state index is 14.4. The first-order valence-electron chi connectivity index (χ1n) is 8.10. The molecule has 2 aromatic rings. The molecular weight excluding hydrogens is 363 g/mol. The van der Waals surface area contributed by atoms with E-state index in [2.05, 4.69) is 5.32 Å². The number of nitrogens with zero attached hydrogens (tertiary/aromatic N) is 1. The van der Waals surface area contributed by atoms with Crippen molar-refractivity contribution in [3.63, 3.8) is 0 Å². The van der Waals surface area contributed by atoms with Crippen molar-refractivity contribution >= 4 is 34.6 Å². The minimum absolute atomic E-state index is 0. The summed E-state index contributed by atoms with van der Waals surface area (Å²) in [7, 11) is -1.29. The predicted octanol–water partition coefficient (Wildman–Crippen LogP) is 4.98. The molecule has 1 aliphatic rings. The molecule has 0 saturated carbocycles. The third-order valence-electron chi connectivity index (χ3n) is 4.40.